The van der Waals surface area contributed by atoms with Crippen LogP contribution in [0.1, 0.15) is 18.2 Å². The summed E-state index contributed by atoms with van der Waals surface area (Å²) in [5.41, 5.74) is 1.39. The van der Waals surface area contributed by atoms with Crippen molar-refractivity contribution in [1.29, 1.82) is 0 Å². The first-order valence-electron chi connectivity index (χ1n) is 6.18. The van der Waals surface area contributed by atoms with Crippen molar-refractivity contribution in [2.45, 2.75) is 19.8 Å². The Morgan fingerprint density at radius 3 is 2.53 bits per heavy atom. The molecule has 0 unspecified atom stereocenters. The van der Waals surface area contributed by atoms with Crippen molar-refractivity contribution in [1.82, 2.24) is 9.97 Å². The fraction of sp³-hybridized carbons (Fsp3) is 0.286. The second-order valence-electron chi connectivity index (χ2n) is 4.14. The van der Waals surface area contributed by atoms with E-state index in [4.69, 9.17) is 0 Å². The lowest BCUT2D eigenvalue weighted by Crippen LogP contribution is -2.10. The minimum absolute atomic E-state index is 0.217. The summed E-state index contributed by atoms with van der Waals surface area (Å²) < 4.78 is 26.5. The zero-order valence-corrected chi connectivity index (χ0v) is 10.7. The number of anilines is 1. The molecule has 0 bridgehead atoms. The van der Waals surface area contributed by atoms with Crippen LogP contribution in [0.2, 0.25) is 0 Å². The van der Waals surface area contributed by atoms with Crippen LogP contribution >= 0.6 is 0 Å². The molecule has 0 aliphatic carbocycles. The number of benzene rings is 1. The highest BCUT2D eigenvalue weighted by atomic mass is 19.1. The molecule has 0 fully saturated rings. The maximum atomic E-state index is 13.8. The number of halogens is 2. The molecule has 0 aliphatic heterocycles. The zero-order valence-electron chi connectivity index (χ0n) is 10.7. The van der Waals surface area contributed by atoms with Gasteiger partial charge in [-0.15, -0.1) is 0 Å². The Morgan fingerprint density at radius 2 is 1.84 bits per heavy atom. The van der Waals surface area contributed by atoms with Gasteiger partial charge in [-0.2, -0.15) is 0 Å². The molecule has 0 saturated heterocycles. The summed E-state index contributed by atoms with van der Waals surface area (Å²) in [5.74, 6) is -0.441. The first-order valence-corrected chi connectivity index (χ1v) is 6.18. The average Bonchev–Trinajstić information content (AvgIpc) is 2.43. The van der Waals surface area contributed by atoms with Crippen LogP contribution in [0.3, 0.4) is 0 Å². The average molecular weight is 263 g/mol. The molecule has 2 aromatic rings. The first-order chi connectivity index (χ1) is 9.20. The number of hydrogen-bond donors (Lipinski definition) is 1. The van der Waals surface area contributed by atoms with Crippen molar-refractivity contribution in [2.75, 3.05) is 11.9 Å². The van der Waals surface area contributed by atoms with Gasteiger partial charge in [0, 0.05) is 6.54 Å². The molecule has 0 atom stereocenters. The van der Waals surface area contributed by atoms with Crippen LogP contribution < -0.4 is 5.32 Å². The molecule has 1 aromatic carbocycles. The predicted octanol–water partition coefficient (Wildman–Crippen LogP) is 2.97. The monoisotopic (exact) mass is 263 g/mol. The van der Waals surface area contributed by atoms with Gasteiger partial charge in [0.15, 0.2) is 11.6 Å². The number of aromatic nitrogens is 2. The molecule has 19 heavy (non-hydrogen) atoms. The van der Waals surface area contributed by atoms with E-state index in [1.54, 1.807) is 12.1 Å². The standard InChI is InChI=1S/C14H15F2N3/c1-2-12-13(16)14(19-9-18-12)17-8-7-10-3-5-11(15)6-4-10/h3-6,9H,2,7-8H2,1H3,(H,17,18,19). The zero-order chi connectivity index (χ0) is 13.7. The van der Waals surface area contributed by atoms with E-state index in [0.29, 0.717) is 25.1 Å². The molecule has 0 spiro atoms. The highest BCUT2D eigenvalue weighted by molar-refractivity contribution is 5.37. The van der Waals surface area contributed by atoms with Crippen LogP contribution in [0.25, 0.3) is 0 Å². The topological polar surface area (TPSA) is 37.8 Å². The van der Waals surface area contributed by atoms with Gasteiger partial charge in [0.05, 0.1) is 5.69 Å². The number of nitrogens with zero attached hydrogens (tertiary/aromatic N) is 2. The van der Waals surface area contributed by atoms with Crippen molar-refractivity contribution < 1.29 is 8.78 Å². The molecule has 1 aromatic heterocycles. The molecule has 2 rings (SSSR count). The van der Waals surface area contributed by atoms with Crippen LogP contribution in [0.15, 0.2) is 30.6 Å². The Morgan fingerprint density at radius 1 is 1.11 bits per heavy atom. The molecule has 5 heteroatoms. The number of hydrogen-bond acceptors (Lipinski definition) is 3. The third kappa shape index (κ3) is 3.47. The molecule has 0 saturated carbocycles. The van der Waals surface area contributed by atoms with Gasteiger partial charge in [0.1, 0.15) is 12.1 Å². The van der Waals surface area contributed by atoms with Crippen LogP contribution in [-0.2, 0) is 12.8 Å². The summed E-state index contributed by atoms with van der Waals surface area (Å²) in [5, 5.41) is 2.93. The quantitative estimate of drug-likeness (QED) is 0.901. The number of aryl methyl sites for hydroxylation is 1. The Kier molecular flexibility index (Phi) is 4.39. The third-order valence-electron chi connectivity index (χ3n) is 2.82. The lowest BCUT2D eigenvalue weighted by Gasteiger charge is -2.08. The summed E-state index contributed by atoms with van der Waals surface area (Å²) in [6.45, 7) is 2.37. The van der Waals surface area contributed by atoms with Gasteiger partial charge >= 0.3 is 0 Å². The Labute approximate surface area is 110 Å². The second-order valence-corrected chi connectivity index (χ2v) is 4.14. The van der Waals surface area contributed by atoms with E-state index in [1.165, 1.54) is 18.5 Å². The van der Waals surface area contributed by atoms with E-state index in [2.05, 4.69) is 15.3 Å². The van der Waals surface area contributed by atoms with Crippen molar-refractivity contribution >= 4 is 5.82 Å². The summed E-state index contributed by atoms with van der Waals surface area (Å²) in [6.07, 6.45) is 2.55. The predicted molar refractivity (Wildman–Crippen MR) is 70.0 cm³/mol. The number of rotatable bonds is 5. The SMILES string of the molecule is CCc1ncnc(NCCc2ccc(F)cc2)c1F. The van der Waals surface area contributed by atoms with E-state index in [-0.39, 0.29) is 11.6 Å². The fourth-order valence-electron chi connectivity index (χ4n) is 1.75. The summed E-state index contributed by atoms with van der Waals surface area (Å²) in [7, 11) is 0. The molecular weight excluding hydrogens is 248 g/mol. The maximum absolute atomic E-state index is 13.8. The number of nitrogens with one attached hydrogen (secondary N) is 1. The van der Waals surface area contributed by atoms with Crippen LogP contribution in [-0.4, -0.2) is 16.5 Å². The Bertz CT molecular complexity index is 541. The molecule has 1 N–H and O–H groups in total. The van der Waals surface area contributed by atoms with E-state index >= 15 is 0 Å². The van der Waals surface area contributed by atoms with Gasteiger partial charge in [0.2, 0.25) is 0 Å². The Hall–Kier alpha value is -2.04. The van der Waals surface area contributed by atoms with E-state index in [0.717, 1.165) is 5.56 Å². The van der Waals surface area contributed by atoms with Gasteiger partial charge < -0.3 is 5.32 Å². The van der Waals surface area contributed by atoms with Crippen LogP contribution in [0.5, 0.6) is 0 Å². The van der Waals surface area contributed by atoms with Gasteiger partial charge in [0.25, 0.3) is 0 Å². The minimum Gasteiger partial charge on any atom is -0.367 e. The van der Waals surface area contributed by atoms with Crippen LogP contribution in [0.4, 0.5) is 14.6 Å². The lowest BCUT2D eigenvalue weighted by atomic mass is 10.1. The maximum Gasteiger partial charge on any atom is 0.186 e. The largest absolute Gasteiger partial charge is 0.367 e. The molecule has 3 nitrogen and oxygen atoms in total. The summed E-state index contributed by atoms with van der Waals surface area (Å²) in [4.78, 5) is 7.74. The second kappa shape index (κ2) is 6.22. The lowest BCUT2D eigenvalue weighted by molar-refractivity contribution is 0.596. The van der Waals surface area contributed by atoms with Gasteiger partial charge in [-0.25, -0.2) is 18.7 Å². The third-order valence-corrected chi connectivity index (χ3v) is 2.82. The van der Waals surface area contributed by atoms with Crippen molar-refractivity contribution in [3.63, 3.8) is 0 Å². The molecule has 0 amide bonds. The summed E-state index contributed by atoms with van der Waals surface area (Å²) >= 11 is 0. The molecular formula is C14H15F2N3. The van der Waals surface area contributed by atoms with E-state index in [9.17, 15) is 8.78 Å². The molecule has 0 radical (unpaired) electrons. The normalized spacial score (nSPS) is 10.5. The van der Waals surface area contributed by atoms with Gasteiger partial charge in [-0.05, 0) is 30.5 Å². The van der Waals surface area contributed by atoms with E-state index < -0.39 is 5.82 Å². The molecule has 100 valence electrons. The van der Waals surface area contributed by atoms with Crippen molar-refractivity contribution in [3.05, 3.63) is 53.5 Å². The van der Waals surface area contributed by atoms with Gasteiger partial charge in [-0.1, -0.05) is 19.1 Å². The molecule has 1 heterocycles. The minimum atomic E-state index is -0.399. The van der Waals surface area contributed by atoms with E-state index in [1.807, 2.05) is 6.92 Å². The highest BCUT2D eigenvalue weighted by Crippen LogP contribution is 2.13. The van der Waals surface area contributed by atoms with Gasteiger partial charge in [-0.3, -0.25) is 0 Å². The smallest absolute Gasteiger partial charge is 0.186 e. The summed E-state index contributed by atoms with van der Waals surface area (Å²) in [6, 6.07) is 6.25. The van der Waals surface area contributed by atoms with Crippen molar-refractivity contribution in [3.8, 4) is 0 Å². The van der Waals surface area contributed by atoms with Crippen LogP contribution in [0, 0.1) is 11.6 Å². The fourth-order valence-corrected chi connectivity index (χ4v) is 1.75. The first kappa shape index (κ1) is 13.4. The van der Waals surface area contributed by atoms with Crippen molar-refractivity contribution in [2.24, 2.45) is 0 Å². The Balaban J connectivity index is 1.94. The molecule has 0 aliphatic rings. The highest BCUT2D eigenvalue weighted by Gasteiger charge is 2.08.